The number of hydrogen-bond donors (Lipinski definition) is 0. The van der Waals surface area contributed by atoms with Crippen LogP contribution in [0.25, 0.3) is 0 Å². The second-order valence-corrected chi connectivity index (χ2v) is 5.41. The van der Waals surface area contributed by atoms with Crippen LogP contribution < -0.4 is 0 Å². The summed E-state index contributed by atoms with van der Waals surface area (Å²) in [4.78, 5) is 0. The average Bonchev–Trinajstić information content (AvgIpc) is 2.14. The second-order valence-electron chi connectivity index (χ2n) is 5.41. The minimum absolute atomic E-state index is 0.468. The predicted octanol–water partition coefficient (Wildman–Crippen LogP) is 3.26. The summed E-state index contributed by atoms with van der Waals surface area (Å²) in [5, 5.41) is 0. The van der Waals surface area contributed by atoms with Crippen LogP contribution in [0.2, 0.25) is 0 Å². The van der Waals surface area contributed by atoms with Gasteiger partial charge in [0.2, 0.25) is 0 Å². The van der Waals surface area contributed by atoms with Gasteiger partial charge in [-0.05, 0) is 31.1 Å². The molecule has 1 nitrogen and oxygen atoms in total. The first-order chi connectivity index (χ1) is 6.59. The Hall–Kier alpha value is -0.300. The first-order valence-corrected chi connectivity index (χ1v) is 5.89. The molecule has 0 radical (unpaired) electrons. The van der Waals surface area contributed by atoms with E-state index in [0.717, 1.165) is 18.4 Å². The third kappa shape index (κ3) is 1.63. The molecule has 0 aromatic heterocycles. The Morgan fingerprint density at radius 2 is 2.14 bits per heavy atom. The predicted molar refractivity (Wildman–Crippen MR) is 59.1 cm³/mol. The lowest BCUT2D eigenvalue weighted by molar-refractivity contribution is -0.0808. The highest BCUT2D eigenvalue weighted by Gasteiger charge is 2.38. The van der Waals surface area contributed by atoms with Crippen LogP contribution >= 0.6 is 0 Å². The smallest absolute Gasteiger partial charge is 0.0663 e. The Morgan fingerprint density at radius 1 is 1.43 bits per heavy atom. The van der Waals surface area contributed by atoms with E-state index in [9.17, 15) is 0 Å². The van der Waals surface area contributed by atoms with E-state index in [4.69, 9.17) is 4.74 Å². The fraction of sp³-hybridized carbons (Fsp3) is 0.846. The zero-order chi connectivity index (χ0) is 10.3. The fourth-order valence-electron chi connectivity index (χ4n) is 3.02. The summed E-state index contributed by atoms with van der Waals surface area (Å²) in [6, 6.07) is 0. The molecule has 1 saturated heterocycles. The van der Waals surface area contributed by atoms with E-state index in [2.05, 4.69) is 33.8 Å². The van der Waals surface area contributed by atoms with E-state index in [-0.39, 0.29) is 0 Å². The molecule has 0 unspecified atom stereocenters. The molecule has 1 heterocycles. The van der Waals surface area contributed by atoms with Crippen LogP contribution in [0.5, 0.6) is 0 Å². The minimum atomic E-state index is 0.468. The van der Waals surface area contributed by atoms with Crippen LogP contribution in [0.4, 0.5) is 0 Å². The monoisotopic (exact) mass is 194 g/mol. The molecule has 0 spiro atoms. The largest absolute Gasteiger partial charge is 0.377 e. The summed E-state index contributed by atoms with van der Waals surface area (Å²) in [5.41, 5.74) is 1.56. The highest BCUT2D eigenvalue weighted by molar-refractivity contribution is 5.14. The van der Waals surface area contributed by atoms with Gasteiger partial charge >= 0.3 is 0 Å². The Bertz CT molecular complexity index is 242. The maximum atomic E-state index is 6.01. The number of rotatable bonds is 1. The summed E-state index contributed by atoms with van der Waals surface area (Å²) in [6.45, 7) is 10.1. The molecule has 14 heavy (non-hydrogen) atoms. The Balaban J connectivity index is 2.20. The van der Waals surface area contributed by atoms with E-state index in [1.807, 2.05) is 0 Å². The van der Waals surface area contributed by atoms with Crippen molar-refractivity contribution < 1.29 is 4.74 Å². The van der Waals surface area contributed by atoms with Gasteiger partial charge in [-0.1, -0.05) is 32.4 Å². The molecule has 4 atom stereocenters. The molecule has 2 bridgehead atoms. The molecule has 0 N–H and O–H groups in total. The van der Waals surface area contributed by atoms with Gasteiger partial charge in [0.25, 0.3) is 0 Å². The van der Waals surface area contributed by atoms with Gasteiger partial charge in [-0.3, -0.25) is 0 Å². The molecule has 1 fully saturated rings. The maximum absolute atomic E-state index is 6.01. The van der Waals surface area contributed by atoms with Crippen LogP contribution in [0.15, 0.2) is 11.6 Å². The van der Waals surface area contributed by atoms with Crippen molar-refractivity contribution in [1.29, 1.82) is 0 Å². The maximum Gasteiger partial charge on any atom is 0.0663 e. The minimum Gasteiger partial charge on any atom is -0.377 e. The number of ether oxygens (including phenoxy) is 1. The molecule has 1 aliphatic carbocycles. The second kappa shape index (κ2) is 3.69. The van der Waals surface area contributed by atoms with Crippen molar-refractivity contribution in [3.8, 4) is 0 Å². The van der Waals surface area contributed by atoms with E-state index < -0.39 is 0 Å². The van der Waals surface area contributed by atoms with Gasteiger partial charge in [0.1, 0.15) is 0 Å². The topological polar surface area (TPSA) is 9.23 Å². The third-order valence-electron chi connectivity index (χ3n) is 3.97. The summed E-state index contributed by atoms with van der Waals surface area (Å²) < 4.78 is 6.01. The van der Waals surface area contributed by atoms with Crippen molar-refractivity contribution in [3.05, 3.63) is 11.6 Å². The molecular weight excluding hydrogens is 172 g/mol. The van der Waals surface area contributed by atoms with Crippen LogP contribution in [-0.2, 0) is 4.74 Å². The van der Waals surface area contributed by atoms with Crippen molar-refractivity contribution in [3.63, 3.8) is 0 Å². The van der Waals surface area contributed by atoms with Crippen LogP contribution in [0.3, 0.4) is 0 Å². The lowest BCUT2D eigenvalue weighted by Crippen LogP contribution is -2.42. The Morgan fingerprint density at radius 3 is 2.79 bits per heavy atom. The summed E-state index contributed by atoms with van der Waals surface area (Å²) in [6.07, 6.45) is 4.29. The standard InChI is InChI=1S/C13H22O/c1-8(2)13-12-6-11(7-14-13)9(3)5-10(12)4/h5,8-9,11-13H,6-7H2,1-4H3/t9-,11-,12-,13+/m1/s1. The molecule has 80 valence electrons. The van der Waals surface area contributed by atoms with Gasteiger partial charge in [-0.15, -0.1) is 0 Å². The van der Waals surface area contributed by atoms with Crippen LogP contribution in [0.1, 0.15) is 34.1 Å². The fourth-order valence-corrected chi connectivity index (χ4v) is 3.02. The highest BCUT2D eigenvalue weighted by atomic mass is 16.5. The number of fused-ring (bicyclic) bond motifs is 2. The summed E-state index contributed by atoms with van der Waals surface area (Å²) in [7, 11) is 0. The number of hydrogen-bond acceptors (Lipinski definition) is 1. The normalized spacial score (nSPS) is 42.5. The van der Waals surface area contributed by atoms with E-state index >= 15 is 0 Å². The van der Waals surface area contributed by atoms with Crippen molar-refractivity contribution >= 4 is 0 Å². The van der Waals surface area contributed by atoms with Gasteiger partial charge < -0.3 is 4.74 Å². The van der Waals surface area contributed by atoms with Gasteiger partial charge in [-0.25, -0.2) is 0 Å². The quantitative estimate of drug-likeness (QED) is 0.582. The van der Waals surface area contributed by atoms with Crippen molar-refractivity contribution in [2.24, 2.45) is 23.7 Å². The van der Waals surface area contributed by atoms with Gasteiger partial charge in [0.05, 0.1) is 12.7 Å². The molecular formula is C13H22O. The average molecular weight is 194 g/mol. The van der Waals surface area contributed by atoms with Gasteiger partial charge in [0, 0.05) is 5.92 Å². The van der Waals surface area contributed by atoms with Crippen LogP contribution in [0, 0.1) is 23.7 Å². The first-order valence-electron chi connectivity index (χ1n) is 5.89. The van der Waals surface area contributed by atoms with E-state index in [1.54, 1.807) is 5.57 Å². The molecule has 2 rings (SSSR count). The molecule has 0 saturated carbocycles. The lowest BCUT2D eigenvalue weighted by atomic mass is 9.70. The zero-order valence-corrected chi connectivity index (χ0v) is 9.79. The Labute approximate surface area is 87.5 Å². The van der Waals surface area contributed by atoms with Gasteiger partial charge in [-0.2, -0.15) is 0 Å². The molecule has 0 aromatic carbocycles. The van der Waals surface area contributed by atoms with Gasteiger partial charge in [0.15, 0.2) is 0 Å². The molecule has 0 amide bonds. The SMILES string of the molecule is CC1=C[C@@H](C)[C@H]2CO[C@@H](C(C)C)[C@@H]1C2. The lowest BCUT2D eigenvalue weighted by Gasteiger charge is -2.44. The van der Waals surface area contributed by atoms with Crippen molar-refractivity contribution in [2.75, 3.05) is 6.61 Å². The molecule has 0 aromatic rings. The van der Waals surface area contributed by atoms with Crippen molar-refractivity contribution in [1.82, 2.24) is 0 Å². The third-order valence-corrected chi connectivity index (χ3v) is 3.97. The summed E-state index contributed by atoms with van der Waals surface area (Å²) >= 11 is 0. The molecule has 2 aliphatic rings. The highest BCUT2D eigenvalue weighted by Crippen LogP contribution is 2.41. The number of allylic oxidation sites excluding steroid dienone is 1. The van der Waals surface area contributed by atoms with Crippen LogP contribution in [-0.4, -0.2) is 12.7 Å². The van der Waals surface area contributed by atoms with E-state index in [1.165, 1.54) is 6.42 Å². The zero-order valence-electron chi connectivity index (χ0n) is 9.79. The summed E-state index contributed by atoms with van der Waals surface area (Å²) in [5.74, 6) is 2.85. The van der Waals surface area contributed by atoms with E-state index in [0.29, 0.717) is 17.9 Å². The molecule has 1 aliphatic heterocycles. The molecule has 1 heteroatoms. The van der Waals surface area contributed by atoms with Crippen molar-refractivity contribution in [2.45, 2.75) is 40.2 Å². The Kier molecular flexibility index (Phi) is 2.70. The first kappa shape index (κ1) is 10.2.